The van der Waals surface area contributed by atoms with Gasteiger partial charge in [0.25, 0.3) is 0 Å². The second-order valence-corrected chi connectivity index (χ2v) is 3.82. The monoisotopic (exact) mass is 258 g/mol. The van der Waals surface area contributed by atoms with E-state index in [1.54, 1.807) is 13.2 Å². The van der Waals surface area contributed by atoms with Crippen LogP contribution in [0, 0.1) is 0 Å². The summed E-state index contributed by atoms with van der Waals surface area (Å²) in [6, 6.07) is 8.94. The number of rotatable bonds is 4. The molecular weight excluding hydrogens is 244 g/mol. The third-order valence-electron chi connectivity index (χ3n) is 2.59. The molecule has 2 rings (SSSR count). The average Bonchev–Trinajstić information content (AvgIpc) is 2.46. The summed E-state index contributed by atoms with van der Waals surface area (Å²) >= 11 is 0. The normalized spacial score (nSPS) is 10.6. The lowest BCUT2D eigenvalue weighted by atomic mass is 10.2. The zero-order chi connectivity index (χ0) is 13.7. The van der Waals surface area contributed by atoms with E-state index in [1.165, 1.54) is 19.4 Å². The number of benzene rings is 1. The fourth-order valence-corrected chi connectivity index (χ4v) is 1.54. The van der Waals surface area contributed by atoms with Gasteiger partial charge in [0.05, 0.1) is 14.2 Å². The van der Waals surface area contributed by atoms with E-state index in [2.05, 4.69) is 0 Å². The molecule has 0 radical (unpaired) electrons. The van der Waals surface area contributed by atoms with Crippen molar-refractivity contribution < 1.29 is 13.9 Å². The smallest absolute Gasteiger partial charge is 0.227 e. The fourth-order valence-electron chi connectivity index (χ4n) is 1.54. The molecule has 0 N–H and O–H groups in total. The van der Waals surface area contributed by atoms with Gasteiger partial charge in [0, 0.05) is 6.07 Å². The van der Waals surface area contributed by atoms with Crippen LogP contribution in [0.4, 0.5) is 0 Å². The fraction of sp³-hybridized carbons (Fsp3) is 0.133. The number of ether oxygens (including phenoxy) is 2. The van der Waals surface area contributed by atoms with Crippen LogP contribution in [0.15, 0.2) is 45.8 Å². The Bertz CT molecular complexity index is 623. The van der Waals surface area contributed by atoms with Crippen molar-refractivity contribution in [2.45, 2.75) is 0 Å². The Hall–Kier alpha value is -2.49. The summed E-state index contributed by atoms with van der Waals surface area (Å²) in [5.74, 6) is 1.47. The molecule has 0 saturated heterocycles. The average molecular weight is 258 g/mol. The van der Waals surface area contributed by atoms with Gasteiger partial charge >= 0.3 is 0 Å². The van der Waals surface area contributed by atoms with Crippen molar-refractivity contribution in [1.82, 2.24) is 0 Å². The third-order valence-corrected chi connectivity index (χ3v) is 2.59. The molecule has 4 heteroatoms. The summed E-state index contributed by atoms with van der Waals surface area (Å²) in [7, 11) is 3.05. The summed E-state index contributed by atoms with van der Waals surface area (Å²) in [6.07, 6.45) is 4.88. The first-order valence-corrected chi connectivity index (χ1v) is 5.72. The molecule has 1 aromatic heterocycles. The molecule has 0 saturated carbocycles. The van der Waals surface area contributed by atoms with E-state index in [0.717, 1.165) is 11.3 Å². The maximum absolute atomic E-state index is 11.5. The van der Waals surface area contributed by atoms with Gasteiger partial charge in [0.2, 0.25) is 11.2 Å². The van der Waals surface area contributed by atoms with Gasteiger partial charge < -0.3 is 13.9 Å². The molecule has 1 heterocycles. The SMILES string of the molecule is COc1ccc(/C=C\c2cc(=O)c(OC)co2)cc1. The van der Waals surface area contributed by atoms with Gasteiger partial charge in [-0.2, -0.15) is 0 Å². The molecule has 0 spiro atoms. The van der Waals surface area contributed by atoms with Gasteiger partial charge in [-0.15, -0.1) is 0 Å². The van der Waals surface area contributed by atoms with Gasteiger partial charge in [-0.3, -0.25) is 4.79 Å². The van der Waals surface area contributed by atoms with Gasteiger partial charge in [-0.25, -0.2) is 0 Å². The highest BCUT2D eigenvalue weighted by atomic mass is 16.5. The minimum absolute atomic E-state index is 0.196. The van der Waals surface area contributed by atoms with Gasteiger partial charge in [0.15, 0.2) is 0 Å². The van der Waals surface area contributed by atoms with E-state index in [9.17, 15) is 4.79 Å². The van der Waals surface area contributed by atoms with Crippen LogP contribution in [0.2, 0.25) is 0 Å². The lowest BCUT2D eigenvalue weighted by molar-refractivity contribution is 0.385. The molecule has 98 valence electrons. The molecule has 0 unspecified atom stereocenters. The Kier molecular flexibility index (Phi) is 4.03. The molecule has 2 aromatic rings. The largest absolute Gasteiger partial charge is 0.497 e. The first-order valence-electron chi connectivity index (χ1n) is 5.72. The van der Waals surface area contributed by atoms with Crippen LogP contribution in [0.1, 0.15) is 11.3 Å². The Morgan fingerprint density at radius 2 is 1.79 bits per heavy atom. The lowest BCUT2D eigenvalue weighted by Gasteiger charge is -1.99. The van der Waals surface area contributed by atoms with E-state index >= 15 is 0 Å². The predicted octanol–water partition coefficient (Wildman–Crippen LogP) is 2.83. The molecule has 0 amide bonds. The third kappa shape index (κ3) is 3.25. The molecule has 0 aliphatic heterocycles. The molecule has 0 atom stereocenters. The van der Waals surface area contributed by atoms with Gasteiger partial charge in [0.1, 0.15) is 17.8 Å². The summed E-state index contributed by atoms with van der Waals surface area (Å²) < 4.78 is 15.2. The van der Waals surface area contributed by atoms with Crippen molar-refractivity contribution in [3.05, 3.63) is 58.1 Å². The van der Waals surface area contributed by atoms with E-state index in [4.69, 9.17) is 13.9 Å². The number of hydrogen-bond donors (Lipinski definition) is 0. The van der Waals surface area contributed by atoms with E-state index in [-0.39, 0.29) is 11.2 Å². The lowest BCUT2D eigenvalue weighted by Crippen LogP contribution is -2.03. The van der Waals surface area contributed by atoms with Crippen LogP contribution in [-0.4, -0.2) is 14.2 Å². The quantitative estimate of drug-likeness (QED) is 0.846. The number of methoxy groups -OCH3 is 2. The molecule has 0 fully saturated rings. The van der Waals surface area contributed by atoms with Crippen molar-refractivity contribution in [2.24, 2.45) is 0 Å². The second-order valence-electron chi connectivity index (χ2n) is 3.82. The van der Waals surface area contributed by atoms with Crippen LogP contribution < -0.4 is 14.9 Å². The highest BCUT2D eigenvalue weighted by Gasteiger charge is 2.00. The van der Waals surface area contributed by atoms with Crippen molar-refractivity contribution in [3.63, 3.8) is 0 Å². The van der Waals surface area contributed by atoms with Crippen LogP contribution in [0.25, 0.3) is 12.2 Å². The topological polar surface area (TPSA) is 48.7 Å². The maximum atomic E-state index is 11.5. The van der Waals surface area contributed by atoms with Crippen molar-refractivity contribution in [3.8, 4) is 11.5 Å². The van der Waals surface area contributed by atoms with E-state index in [0.29, 0.717) is 5.76 Å². The van der Waals surface area contributed by atoms with Crippen molar-refractivity contribution in [1.29, 1.82) is 0 Å². The van der Waals surface area contributed by atoms with E-state index < -0.39 is 0 Å². The molecule has 0 aliphatic carbocycles. The van der Waals surface area contributed by atoms with E-state index in [1.807, 2.05) is 30.3 Å². The first kappa shape index (κ1) is 13.0. The first-order chi connectivity index (χ1) is 9.22. The molecule has 19 heavy (non-hydrogen) atoms. The highest BCUT2D eigenvalue weighted by Crippen LogP contribution is 2.14. The second kappa shape index (κ2) is 5.91. The van der Waals surface area contributed by atoms with Crippen LogP contribution in [-0.2, 0) is 0 Å². The molecule has 0 bridgehead atoms. The van der Waals surface area contributed by atoms with Gasteiger partial charge in [-0.05, 0) is 23.8 Å². The Morgan fingerprint density at radius 3 is 2.37 bits per heavy atom. The zero-order valence-electron chi connectivity index (χ0n) is 10.8. The highest BCUT2D eigenvalue weighted by molar-refractivity contribution is 5.67. The Morgan fingerprint density at radius 1 is 1.05 bits per heavy atom. The van der Waals surface area contributed by atoms with Crippen LogP contribution in [0.5, 0.6) is 11.5 Å². The summed E-state index contributed by atoms with van der Waals surface area (Å²) in [6.45, 7) is 0. The number of hydrogen-bond acceptors (Lipinski definition) is 4. The molecule has 0 aliphatic rings. The van der Waals surface area contributed by atoms with Crippen LogP contribution >= 0.6 is 0 Å². The Balaban J connectivity index is 2.17. The maximum Gasteiger partial charge on any atom is 0.227 e. The minimum Gasteiger partial charge on any atom is -0.497 e. The summed E-state index contributed by atoms with van der Waals surface area (Å²) in [4.78, 5) is 11.5. The predicted molar refractivity (Wildman–Crippen MR) is 73.5 cm³/mol. The zero-order valence-corrected chi connectivity index (χ0v) is 10.8. The standard InChI is InChI=1S/C15H14O4/c1-17-12-6-3-11(4-7-12)5-8-13-9-14(16)15(18-2)10-19-13/h3-10H,1-2H3/b8-5-. The van der Waals surface area contributed by atoms with Crippen molar-refractivity contribution in [2.75, 3.05) is 14.2 Å². The van der Waals surface area contributed by atoms with Crippen molar-refractivity contribution >= 4 is 12.2 Å². The van der Waals surface area contributed by atoms with Crippen LogP contribution in [0.3, 0.4) is 0 Å². The minimum atomic E-state index is -0.205. The Labute approximate surface area is 110 Å². The molecular formula is C15H14O4. The summed E-state index contributed by atoms with van der Waals surface area (Å²) in [5, 5.41) is 0. The van der Waals surface area contributed by atoms with Gasteiger partial charge in [-0.1, -0.05) is 18.2 Å². The molecule has 1 aromatic carbocycles. The molecule has 4 nitrogen and oxygen atoms in total. The summed E-state index contributed by atoms with van der Waals surface area (Å²) in [5.41, 5.74) is 0.780.